The molecule has 68 valence electrons. The van der Waals surface area contributed by atoms with Crippen molar-refractivity contribution in [3.05, 3.63) is 0 Å². The number of halogens is 3. The summed E-state index contributed by atoms with van der Waals surface area (Å²) in [6.07, 6.45) is -5.56. The van der Waals surface area contributed by atoms with E-state index in [0.29, 0.717) is 12.8 Å². The van der Waals surface area contributed by atoms with E-state index in [1.165, 1.54) is 6.92 Å². The fourth-order valence-corrected chi connectivity index (χ4v) is 0.936. The van der Waals surface area contributed by atoms with Crippen LogP contribution in [0.15, 0.2) is 0 Å². The van der Waals surface area contributed by atoms with E-state index in [9.17, 15) is 13.2 Å². The van der Waals surface area contributed by atoms with Crippen molar-refractivity contribution in [3.63, 3.8) is 0 Å². The molecule has 0 unspecified atom stereocenters. The van der Waals surface area contributed by atoms with Gasteiger partial charge in [0.15, 0.2) is 6.10 Å². The zero-order valence-corrected chi connectivity index (χ0v) is 6.65. The average Bonchev–Trinajstić information content (AvgIpc) is 1.85. The van der Waals surface area contributed by atoms with E-state index in [0.717, 1.165) is 0 Å². The molecule has 1 nitrogen and oxygen atoms in total. The van der Waals surface area contributed by atoms with Crippen molar-refractivity contribution in [1.82, 2.24) is 0 Å². The predicted molar refractivity (Wildman–Crippen MR) is 36.1 cm³/mol. The molecule has 2 atom stereocenters. The Labute approximate surface area is 64.2 Å². The highest BCUT2D eigenvalue weighted by molar-refractivity contribution is 4.71. The Morgan fingerprint density at radius 2 is 1.82 bits per heavy atom. The Morgan fingerprint density at radius 3 is 2.09 bits per heavy atom. The highest BCUT2D eigenvalue weighted by Gasteiger charge is 2.41. The fraction of sp³-hybridized carbons (Fsp3) is 1.00. The molecule has 0 saturated heterocycles. The SMILES string of the molecule is CCC[C@H](C)[C@H](O)C(F)(F)F. The van der Waals surface area contributed by atoms with Gasteiger partial charge in [-0.2, -0.15) is 13.2 Å². The molecule has 0 aromatic carbocycles. The van der Waals surface area contributed by atoms with E-state index in [1.54, 1.807) is 6.92 Å². The molecule has 0 aliphatic carbocycles. The lowest BCUT2D eigenvalue weighted by molar-refractivity contribution is -0.218. The molecule has 0 radical (unpaired) electrons. The molecule has 0 saturated carbocycles. The van der Waals surface area contributed by atoms with Crippen molar-refractivity contribution in [3.8, 4) is 0 Å². The lowest BCUT2D eigenvalue weighted by Gasteiger charge is -2.20. The van der Waals surface area contributed by atoms with Gasteiger partial charge in [0.2, 0.25) is 0 Å². The third kappa shape index (κ3) is 3.60. The molecule has 0 amide bonds. The summed E-state index contributed by atoms with van der Waals surface area (Å²) in [5, 5.41) is 8.66. The summed E-state index contributed by atoms with van der Waals surface area (Å²) < 4.78 is 35.3. The van der Waals surface area contributed by atoms with Gasteiger partial charge in [0.05, 0.1) is 0 Å². The molecular formula is C7H13F3O. The maximum Gasteiger partial charge on any atom is 0.414 e. The quantitative estimate of drug-likeness (QED) is 0.689. The fourth-order valence-electron chi connectivity index (χ4n) is 0.936. The number of hydrogen-bond acceptors (Lipinski definition) is 1. The summed E-state index contributed by atoms with van der Waals surface area (Å²) in [6, 6.07) is 0. The summed E-state index contributed by atoms with van der Waals surface area (Å²) in [5.41, 5.74) is 0. The predicted octanol–water partition coefficient (Wildman–Crippen LogP) is 2.35. The summed E-state index contributed by atoms with van der Waals surface area (Å²) in [6.45, 7) is 3.20. The molecule has 0 bridgehead atoms. The van der Waals surface area contributed by atoms with Gasteiger partial charge in [-0.3, -0.25) is 0 Å². The first-order valence-corrected chi connectivity index (χ1v) is 3.64. The van der Waals surface area contributed by atoms with E-state index < -0.39 is 18.2 Å². The highest BCUT2D eigenvalue weighted by Crippen LogP contribution is 2.27. The van der Waals surface area contributed by atoms with Crippen molar-refractivity contribution < 1.29 is 18.3 Å². The Balaban J connectivity index is 3.91. The molecule has 0 spiro atoms. The third-order valence-corrected chi connectivity index (χ3v) is 1.62. The van der Waals surface area contributed by atoms with Crippen LogP contribution in [0.1, 0.15) is 26.7 Å². The molecule has 1 N–H and O–H groups in total. The molecule has 0 aliphatic rings. The zero-order chi connectivity index (χ0) is 9.07. The molecule has 0 rings (SSSR count). The van der Waals surface area contributed by atoms with Gasteiger partial charge in [-0.25, -0.2) is 0 Å². The van der Waals surface area contributed by atoms with Crippen LogP contribution in [-0.2, 0) is 0 Å². The average molecular weight is 170 g/mol. The van der Waals surface area contributed by atoms with Crippen molar-refractivity contribution in [1.29, 1.82) is 0 Å². The molecular weight excluding hydrogens is 157 g/mol. The first-order valence-electron chi connectivity index (χ1n) is 3.64. The summed E-state index contributed by atoms with van der Waals surface area (Å²) in [7, 11) is 0. The molecule has 0 heterocycles. The van der Waals surface area contributed by atoms with Crippen LogP contribution in [0.4, 0.5) is 13.2 Å². The van der Waals surface area contributed by atoms with Crippen LogP contribution in [0.2, 0.25) is 0 Å². The van der Waals surface area contributed by atoms with E-state index in [-0.39, 0.29) is 0 Å². The van der Waals surface area contributed by atoms with E-state index >= 15 is 0 Å². The number of aliphatic hydroxyl groups is 1. The van der Waals surface area contributed by atoms with Crippen molar-refractivity contribution in [2.75, 3.05) is 0 Å². The van der Waals surface area contributed by atoms with E-state index in [1.807, 2.05) is 0 Å². The van der Waals surface area contributed by atoms with Crippen LogP contribution in [-0.4, -0.2) is 17.4 Å². The topological polar surface area (TPSA) is 20.2 Å². The normalized spacial score (nSPS) is 18.0. The number of hydrogen-bond donors (Lipinski definition) is 1. The molecule has 0 aliphatic heterocycles. The second-order valence-electron chi connectivity index (χ2n) is 2.75. The Hall–Kier alpha value is -0.250. The molecule has 0 aromatic rings. The highest BCUT2D eigenvalue weighted by atomic mass is 19.4. The van der Waals surface area contributed by atoms with E-state index in [4.69, 9.17) is 5.11 Å². The smallest absolute Gasteiger partial charge is 0.383 e. The van der Waals surface area contributed by atoms with Gasteiger partial charge in [0.25, 0.3) is 0 Å². The monoisotopic (exact) mass is 170 g/mol. The Bertz CT molecular complexity index is 111. The summed E-state index contributed by atoms with van der Waals surface area (Å²) in [5.74, 6) is -0.694. The van der Waals surface area contributed by atoms with Crippen LogP contribution in [0.3, 0.4) is 0 Å². The minimum atomic E-state index is -4.46. The lowest BCUT2D eigenvalue weighted by atomic mass is 9.99. The number of aliphatic hydroxyl groups excluding tert-OH is 1. The lowest BCUT2D eigenvalue weighted by Crippen LogP contribution is -2.34. The van der Waals surface area contributed by atoms with Crippen LogP contribution in [0.5, 0.6) is 0 Å². The number of rotatable bonds is 3. The van der Waals surface area contributed by atoms with Crippen molar-refractivity contribution in [2.45, 2.75) is 39.0 Å². The van der Waals surface area contributed by atoms with Crippen LogP contribution >= 0.6 is 0 Å². The van der Waals surface area contributed by atoms with Gasteiger partial charge >= 0.3 is 6.18 Å². The standard InChI is InChI=1S/C7H13F3O/c1-3-4-5(2)6(11)7(8,9)10/h5-6,11H,3-4H2,1-2H3/t5-,6-/m0/s1. The van der Waals surface area contributed by atoms with Gasteiger partial charge in [-0.15, -0.1) is 0 Å². The zero-order valence-electron chi connectivity index (χ0n) is 6.65. The van der Waals surface area contributed by atoms with Crippen LogP contribution in [0.25, 0.3) is 0 Å². The maximum atomic E-state index is 11.8. The van der Waals surface area contributed by atoms with Gasteiger partial charge in [0, 0.05) is 0 Å². The van der Waals surface area contributed by atoms with Crippen LogP contribution in [0, 0.1) is 5.92 Å². The van der Waals surface area contributed by atoms with Crippen molar-refractivity contribution in [2.24, 2.45) is 5.92 Å². The number of alkyl halides is 3. The van der Waals surface area contributed by atoms with Crippen LogP contribution < -0.4 is 0 Å². The van der Waals surface area contributed by atoms with Gasteiger partial charge in [0.1, 0.15) is 0 Å². The first kappa shape index (κ1) is 10.8. The second kappa shape index (κ2) is 3.95. The first-order chi connectivity index (χ1) is 4.89. The summed E-state index contributed by atoms with van der Waals surface area (Å²) >= 11 is 0. The third-order valence-electron chi connectivity index (χ3n) is 1.62. The Morgan fingerprint density at radius 1 is 1.36 bits per heavy atom. The van der Waals surface area contributed by atoms with E-state index in [2.05, 4.69) is 0 Å². The second-order valence-corrected chi connectivity index (χ2v) is 2.75. The minimum absolute atomic E-state index is 0.403. The molecule has 4 heteroatoms. The minimum Gasteiger partial charge on any atom is -0.383 e. The largest absolute Gasteiger partial charge is 0.414 e. The van der Waals surface area contributed by atoms with Crippen molar-refractivity contribution >= 4 is 0 Å². The van der Waals surface area contributed by atoms with Gasteiger partial charge in [-0.1, -0.05) is 20.3 Å². The summed E-state index contributed by atoms with van der Waals surface area (Å²) in [4.78, 5) is 0. The molecule has 0 aromatic heterocycles. The molecule has 0 fully saturated rings. The molecule has 11 heavy (non-hydrogen) atoms. The maximum absolute atomic E-state index is 11.8. The van der Waals surface area contributed by atoms with Gasteiger partial charge < -0.3 is 5.11 Å². The van der Waals surface area contributed by atoms with Gasteiger partial charge in [-0.05, 0) is 12.3 Å². The Kier molecular flexibility index (Phi) is 3.86.